The lowest BCUT2D eigenvalue weighted by Crippen LogP contribution is -2.58. The lowest BCUT2D eigenvalue weighted by atomic mass is 9.94. The van der Waals surface area contributed by atoms with Gasteiger partial charge in [-0.3, -0.25) is 13.7 Å². The van der Waals surface area contributed by atoms with Crippen LogP contribution in [0.15, 0.2) is 65.5 Å². The molecule has 7 nitrogen and oxygen atoms in total. The van der Waals surface area contributed by atoms with Crippen LogP contribution >= 0.6 is 0 Å². The van der Waals surface area contributed by atoms with E-state index >= 15 is 0 Å². The van der Waals surface area contributed by atoms with Crippen LogP contribution in [0.4, 0.5) is 13.6 Å². The predicted octanol–water partition coefficient (Wildman–Crippen LogP) is 3.98. The van der Waals surface area contributed by atoms with E-state index in [1.165, 1.54) is 18.2 Å². The van der Waals surface area contributed by atoms with Crippen LogP contribution in [0.5, 0.6) is 0 Å². The van der Waals surface area contributed by atoms with Gasteiger partial charge in [0.05, 0.1) is 37.2 Å². The molecule has 10 heteroatoms. The summed E-state index contributed by atoms with van der Waals surface area (Å²) in [5.41, 5.74) is -2.94. The van der Waals surface area contributed by atoms with E-state index in [1.54, 1.807) is 0 Å². The van der Waals surface area contributed by atoms with Crippen molar-refractivity contribution >= 4 is 16.1 Å². The fourth-order valence-corrected chi connectivity index (χ4v) is 4.29. The molecule has 0 spiro atoms. The molecule has 35 heavy (non-hydrogen) atoms. The number of sulfonamides is 1. The highest BCUT2D eigenvalue weighted by atomic mass is 32.2. The van der Waals surface area contributed by atoms with Gasteiger partial charge in [0.2, 0.25) is 10.0 Å². The Labute approximate surface area is 218 Å². The Morgan fingerprint density at radius 3 is 2.31 bits per heavy atom. The molecule has 0 unspecified atom stereocenters. The normalized spacial score (nSPS) is 20.5. The first-order valence-electron chi connectivity index (χ1n) is 14.9. The summed E-state index contributed by atoms with van der Waals surface area (Å²) in [4.78, 5) is 11.9. The van der Waals surface area contributed by atoms with Crippen LogP contribution in [0, 0.1) is 5.92 Å². The molecule has 2 atom stereocenters. The Morgan fingerprint density at radius 2 is 1.77 bits per heavy atom. The zero-order valence-corrected chi connectivity index (χ0v) is 20.2. The standard InChI is InChI=1S/C25H34F2N2O5S/c1-25(2,3)29(24(31)32)22(14-19-10-6-4-7-11-19)23(30)18-28(17-20(15-26)16-27)35(33,34)21-12-8-5-9-13-21/h4-13,20,22-23,30H,14-18H2,1-3H3,(H,31,32)/t22-,23+/m0/s1/i4D,6D,10D,14D2,18D2,22D,23D. The Bertz CT molecular complexity index is 1460. The van der Waals surface area contributed by atoms with Crippen LogP contribution < -0.4 is 0 Å². The van der Waals surface area contributed by atoms with Gasteiger partial charge in [0.1, 0.15) is 0 Å². The first kappa shape index (κ1) is 17.8. The zero-order chi connectivity index (χ0) is 34.3. The topological polar surface area (TPSA) is 98.2 Å². The molecule has 2 aromatic rings. The molecule has 1 amide bonds. The van der Waals surface area contributed by atoms with E-state index < -0.39 is 101 Å². The number of halogens is 2. The summed E-state index contributed by atoms with van der Waals surface area (Å²) >= 11 is 0. The van der Waals surface area contributed by atoms with Crippen LogP contribution in [-0.2, 0) is 16.4 Å². The van der Waals surface area contributed by atoms with Gasteiger partial charge in [-0.25, -0.2) is 13.2 Å². The summed E-state index contributed by atoms with van der Waals surface area (Å²) < 4.78 is 132. The molecule has 0 aliphatic rings. The van der Waals surface area contributed by atoms with E-state index in [4.69, 9.17) is 11.0 Å². The molecule has 0 aliphatic carbocycles. The monoisotopic (exact) mass is 521 g/mol. The van der Waals surface area contributed by atoms with Gasteiger partial charge in [0.25, 0.3) is 0 Å². The van der Waals surface area contributed by atoms with Crippen LogP contribution in [0.25, 0.3) is 0 Å². The minimum atomic E-state index is -5.25. The van der Waals surface area contributed by atoms with Crippen LogP contribution in [-0.4, -0.2) is 78.0 Å². The minimum absolute atomic E-state index is 0.127. The highest BCUT2D eigenvalue weighted by Crippen LogP contribution is 2.25. The Kier molecular flexibility index (Phi) is 6.32. The van der Waals surface area contributed by atoms with E-state index in [2.05, 4.69) is 0 Å². The molecule has 2 aromatic carbocycles. The number of hydrogen-bond donors (Lipinski definition) is 2. The number of benzene rings is 2. The molecule has 0 aromatic heterocycles. The highest BCUT2D eigenvalue weighted by Gasteiger charge is 2.39. The van der Waals surface area contributed by atoms with E-state index in [9.17, 15) is 33.6 Å². The molecule has 0 bridgehead atoms. The second kappa shape index (κ2) is 12.4. The maximum atomic E-state index is 13.8. The number of nitrogens with zero attached hydrogens (tertiary/aromatic N) is 2. The number of alkyl halides is 2. The predicted molar refractivity (Wildman–Crippen MR) is 130 cm³/mol. The van der Waals surface area contributed by atoms with Crippen molar-refractivity contribution in [3.05, 3.63) is 66.2 Å². The second-order valence-corrected chi connectivity index (χ2v) is 10.3. The average molecular weight is 522 g/mol. The summed E-state index contributed by atoms with van der Waals surface area (Å²) in [6, 6.07) is 0.675. The number of rotatable bonds is 12. The van der Waals surface area contributed by atoms with Crippen molar-refractivity contribution in [1.29, 1.82) is 0 Å². The molecule has 0 fully saturated rings. The van der Waals surface area contributed by atoms with Crippen molar-refractivity contribution in [2.45, 2.75) is 49.7 Å². The number of amides is 1. The van der Waals surface area contributed by atoms with Crippen molar-refractivity contribution in [3.8, 4) is 0 Å². The van der Waals surface area contributed by atoms with Gasteiger partial charge >= 0.3 is 6.09 Å². The fraction of sp³-hybridized carbons (Fsp3) is 0.480. The SMILES string of the molecule is [2H]c1ccc(C([2H])([2H])[C@]([2H])(N(C(=O)O)C(C)(C)C)[C@]([2H])(O)C([2H])([2H])N(CC(CF)CF)S(=O)(=O)c2ccccc2)c([2H])c1[2H]. The van der Waals surface area contributed by atoms with Gasteiger partial charge in [0, 0.05) is 30.0 Å². The summed E-state index contributed by atoms with van der Waals surface area (Å²) in [6.45, 7) is -5.33. The molecule has 0 aliphatic heterocycles. The van der Waals surface area contributed by atoms with E-state index in [-0.39, 0.29) is 9.21 Å². The quantitative estimate of drug-likeness (QED) is 0.440. The maximum Gasteiger partial charge on any atom is 0.408 e. The first-order chi connectivity index (χ1) is 19.9. The molecule has 0 radical (unpaired) electrons. The third-order valence-corrected chi connectivity index (χ3v) is 6.28. The molecule has 2 N–H and O–H groups in total. The van der Waals surface area contributed by atoms with E-state index in [0.717, 1.165) is 45.0 Å². The van der Waals surface area contributed by atoms with Crippen LogP contribution in [0.1, 0.15) is 38.7 Å². The number of carboxylic acid groups (broad SMARTS) is 1. The van der Waals surface area contributed by atoms with Gasteiger partial charge in [-0.05, 0) is 44.8 Å². The van der Waals surface area contributed by atoms with Gasteiger partial charge in [-0.15, -0.1) is 0 Å². The van der Waals surface area contributed by atoms with Gasteiger partial charge in [-0.1, -0.05) is 48.5 Å². The van der Waals surface area contributed by atoms with Gasteiger partial charge in [0.15, 0.2) is 0 Å². The van der Waals surface area contributed by atoms with Crippen molar-refractivity contribution in [1.82, 2.24) is 9.21 Å². The average Bonchev–Trinajstić information content (AvgIpc) is 2.91. The van der Waals surface area contributed by atoms with Crippen LogP contribution in [0.3, 0.4) is 0 Å². The lowest BCUT2D eigenvalue weighted by Gasteiger charge is -2.42. The highest BCUT2D eigenvalue weighted by molar-refractivity contribution is 7.89. The molecule has 194 valence electrons. The summed E-state index contributed by atoms with van der Waals surface area (Å²) in [7, 11) is -5.25. The number of carbonyl (C=O) groups is 1. The molecular formula is C25H34F2N2O5S. The fourth-order valence-electron chi connectivity index (χ4n) is 2.92. The van der Waals surface area contributed by atoms with Crippen molar-refractivity contribution in [2.75, 3.05) is 26.4 Å². The third-order valence-electron chi connectivity index (χ3n) is 4.59. The largest absolute Gasteiger partial charge is 0.465 e. The Balaban J connectivity index is 3.11. The molecule has 2 rings (SSSR count). The third kappa shape index (κ3) is 7.71. The molecule has 0 heterocycles. The summed E-state index contributed by atoms with van der Waals surface area (Å²) in [5, 5.41) is 22.0. The first-order valence-corrected chi connectivity index (χ1v) is 11.9. The summed E-state index contributed by atoms with van der Waals surface area (Å²) in [5.74, 6) is -1.86. The van der Waals surface area contributed by atoms with E-state index in [1.807, 2.05) is 0 Å². The zero-order valence-electron chi connectivity index (χ0n) is 28.4. The van der Waals surface area contributed by atoms with Gasteiger partial charge in [-0.2, -0.15) is 4.31 Å². The molecule has 0 saturated heterocycles. The number of aliphatic hydroxyl groups is 1. The summed E-state index contributed by atoms with van der Waals surface area (Å²) in [6.07, 6.45) is -10.5. The number of hydrogen-bond acceptors (Lipinski definition) is 4. The van der Waals surface area contributed by atoms with E-state index in [0.29, 0.717) is 0 Å². The van der Waals surface area contributed by atoms with Crippen LogP contribution in [0.2, 0.25) is 0 Å². The molecule has 0 saturated carbocycles. The second-order valence-electron chi connectivity index (χ2n) is 8.39. The maximum absolute atomic E-state index is 13.8. The van der Waals surface area contributed by atoms with Crippen molar-refractivity contribution in [2.24, 2.45) is 5.92 Å². The van der Waals surface area contributed by atoms with Crippen molar-refractivity contribution < 1.29 is 44.5 Å². The Hall–Kier alpha value is -2.56. The van der Waals surface area contributed by atoms with Gasteiger partial charge < -0.3 is 10.2 Å². The Morgan fingerprint density at radius 1 is 1.14 bits per heavy atom. The smallest absolute Gasteiger partial charge is 0.408 e. The minimum Gasteiger partial charge on any atom is -0.465 e. The van der Waals surface area contributed by atoms with Crippen molar-refractivity contribution in [3.63, 3.8) is 0 Å². The lowest BCUT2D eigenvalue weighted by molar-refractivity contribution is -0.000119. The molecular weight excluding hydrogens is 478 g/mol.